The van der Waals surface area contributed by atoms with Crippen LogP contribution < -0.4 is 0 Å². The molecule has 0 spiro atoms. The maximum absolute atomic E-state index is 10.6. The number of carboxylic acid groups (broad SMARTS) is 1. The number of carboxylic acids is 1. The van der Waals surface area contributed by atoms with Crippen molar-refractivity contribution in [3.05, 3.63) is 30.2 Å². The Morgan fingerprint density at radius 2 is 2.07 bits per heavy atom. The summed E-state index contributed by atoms with van der Waals surface area (Å²) in [6.45, 7) is 0. The van der Waals surface area contributed by atoms with Gasteiger partial charge < -0.3 is 13.9 Å². The maximum atomic E-state index is 10.6. The van der Waals surface area contributed by atoms with E-state index in [-0.39, 0.29) is 11.6 Å². The number of hydrogen-bond donors (Lipinski definition) is 1. The summed E-state index contributed by atoms with van der Waals surface area (Å²) in [5.74, 6) is -1.56. The molecule has 0 amide bonds. The van der Waals surface area contributed by atoms with Gasteiger partial charge in [0.2, 0.25) is 5.58 Å². The second-order valence-corrected chi connectivity index (χ2v) is 3.06. The molecular weight excluding hydrogens is 198 g/mol. The van der Waals surface area contributed by atoms with Crippen LogP contribution in [0.15, 0.2) is 33.1 Å². The van der Waals surface area contributed by atoms with Gasteiger partial charge in [0.25, 0.3) is 5.71 Å². The highest BCUT2D eigenvalue weighted by atomic mass is 16.4. The first kappa shape index (κ1) is 8.05. The first-order valence-corrected chi connectivity index (χ1v) is 4.27. The van der Waals surface area contributed by atoms with Gasteiger partial charge in [-0.25, -0.2) is 4.79 Å². The molecule has 1 aromatic carbocycles. The molecule has 2 heterocycles. The van der Waals surface area contributed by atoms with Gasteiger partial charge in [-0.1, -0.05) is 12.1 Å². The molecule has 15 heavy (non-hydrogen) atoms. The van der Waals surface area contributed by atoms with E-state index in [4.69, 9.17) is 13.9 Å². The SMILES string of the molecule is O=C(O)c1nc2oc3ccccc3c2o1. The second-order valence-electron chi connectivity index (χ2n) is 3.06. The average molecular weight is 203 g/mol. The number of hydrogen-bond acceptors (Lipinski definition) is 4. The summed E-state index contributed by atoms with van der Waals surface area (Å²) < 4.78 is 10.4. The Balaban J connectivity index is 2.42. The summed E-state index contributed by atoms with van der Waals surface area (Å²) in [7, 11) is 0. The Morgan fingerprint density at radius 1 is 1.27 bits per heavy atom. The molecule has 0 aliphatic carbocycles. The molecule has 74 valence electrons. The van der Waals surface area contributed by atoms with Gasteiger partial charge in [0.15, 0.2) is 0 Å². The summed E-state index contributed by atoms with van der Waals surface area (Å²) in [5.41, 5.74) is 1.23. The van der Waals surface area contributed by atoms with E-state index >= 15 is 0 Å². The topological polar surface area (TPSA) is 76.5 Å². The number of benzene rings is 1. The molecule has 0 aliphatic heterocycles. The zero-order chi connectivity index (χ0) is 10.4. The van der Waals surface area contributed by atoms with Crippen LogP contribution in [-0.2, 0) is 0 Å². The third-order valence-electron chi connectivity index (χ3n) is 2.12. The van der Waals surface area contributed by atoms with Crippen LogP contribution in [0.2, 0.25) is 0 Å². The minimum Gasteiger partial charge on any atom is -0.474 e. The van der Waals surface area contributed by atoms with Crippen molar-refractivity contribution in [2.75, 3.05) is 0 Å². The fourth-order valence-corrected chi connectivity index (χ4v) is 1.48. The van der Waals surface area contributed by atoms with Crippen LogP contribution in [0.1, 0.15) is 10.7 Å². The van der Waals surface area contributed by atoms with Crippen molar-refractivity contribution in [1.29, 1.82) is 0 Å². The average Bonchev–Trinajstić information content (AvgIpc) is 2.73. The first-order valence-electron chi connectivity index (χ1n) is 4.27. The minimum atomic E-state index is -1.20. The minimum absolute atomic E-state index is 0.216. The summed E-state index contributed by atoms with van der Waals surface area (Å²) in [6, 6.07) is 7.20. The van der Waals surface area contributed by atoms with Gasteiger partial charge in [-0.2, -0.15) is 4.98 Å². The van der Waals surface area contributed by atoms with Crippen molar-refractivity contribution in [3.63, 3.8) is 0 Å². The summed E-state index contributed by atoms with van der Waals surface area (Å²) in [6.07, 6.45) is 0. The Hall–Kier alpha value is -2.30. The van der Waals surface area contributed by atoms with Crippen LogP contribution >= 0.6 is 0 Å². The third-order valence-corrected chi connectivity index (χ3v) is 2.12. The Bertz CT molecular complexity index is 664. The molecule has 0 fully saturated rings. The third kappa shape index (κ3) is 1.03. The van der Waals surface area contributed by atoms with Crippen molar-refractivity contribution in [3.8, 4) is 0 Å². The fourth-order valence-electron chi connectivity index (χ4n) is 1.48. The van der Waals surface area contributed by atoms with Crippen molar-refractivity contribution in [1.82, 2.24) is 4.98 Å². The van der Waals surface area contributed by atoms with E-state index in [9.17, 15) is 4.79 Å². The Morgan fingerprint density at radius 3 is 2.87 bits per heavy atom. The molecule has 0 aliphatic rings. The Kier molecular flexibility index (Phi) is 1.39. The Labute approximate surface area is 82.9 Å². The number of rotatable bonds is 1. The van der Waals surface area contributed by atoms with Crippen LogP contribution in [-0.4, -0.2) is 16.1 Å². The van der Waals surface area contributed by atoms with Crippen LogP contribution in [0.25, 0.3) is 22.3 Å². The van der Waals surface area contributed by atoms with E-state index in [0.717, 1.165) is 5.39 Å². The first-order chi connectivity index (χ1) is 7.25. The number of oxazole rings is 1. The number of aromatic nitrogens is 1. The molecule has 0 saturated heterocycles. The van der Waals surface area contributed by atoms with E-state index in [2.05, 4.69) is 4.98 Å². The lowest BCUT2D eigenvalue weighted by Crippen LogP contribution is -1.94. The molecule has 5 nitrogen and oxygen atoms in total. The normalized spacial score (nSPS) is 11.2. The largest absolute Gasteiger partial charge is 0.474 e. The standard InChI is InChI=1S/C10H5NO4/c12-10(13)9-11-8-7(15-9)5-3-1-2-4-6(5)14-8/h1-4H,(H,12,13). The zero-order valence-electron chi connectivity index (χ0n) is 7.43. The molecule has 0 saturated carbocycles. The van der Waals surface area contributed by atoms with Crippen LogP contribution in [0, 0.1) is 0 Å². The highest BCUT2D eigenvalue weighted by Crippen LogP contribution is 2.28. The van der Waals surface area contributed by atoms with Crippen molar-refractivity contribution >= 4 is 28.2 Å². The van der Waals surface area contributed by atoms with E-state index in [0.29, 0.717) is 11.2 Å². The van der Waals surface area contributed by atoms with Crippen LogP contribution in [0.3, 0.4) is 0 Å². The van der Waals surface area contributed by atoms with E-state index < -0.39 is 5.97 Å². The smallest absolute Gasteiger partial charge is 0.392 e. The number of carbonyl (C=O) groups is 1. The zero-order valence-corrected chi connectivity index (χ0v) is 7.43. The van der Waals surface area contributed by atoms with Gasteiger partial charge in [0.1, 0.15) is 5.58 Å². The van der Waals surface area contributed by atoms with Crippen LogP contribution in [0.4, 0.5) is 0 Å². The van der Waals surface area contributed by atoms with Gasteiger partial charge in [0, 0.05) is 0 Å². The summed E-state index contributed by atoms with van der Waals surface area (Å²) >= 11 is 0. The lowest BCUT2D eigenvalue weighted by Gasteiger charge is -1.85. The van der Waals surface area contributed by atoms with Crippen molar-refractivity contribution in [2.45, 2.75) is 0 Å². The molecule has 1 N–H and O–H groups in total. The lowest BCUT2D eigenvalue weighted by molar-refractivity contribution is 0.0656. The predicted molar refractivity (Wildman–Crippen MR) is 50.7 cm³/mol. The van der Waals surface area contributed by atoms with Gasteiger partial charge in [0.05, 0.1) is 5.39 Å². The molecule has 3 rings (SSSR count). The van der Waals surface area contributed by atoms with Crippen LogP contribution in [0.5, 0.6) is 0 Å². The van der Waals surface area contributed by atoms with E-state index in [1.54, 1.807) is 12.1 Å². The summed E-state index contributed by atoms with van der Waals surface area (Å²) in [4.78, 5) is 14.3. The molecular formula is C10H5NO4. The summed E-state index contributed by atoms with van der Waals surface area (Å²) in [5, 5.41) is 9.41. The van der Waals surface area contributed by atoms with E-state index in [1.807, 2.05) is 12.1 Å². The molecule has 0 radical (unpaired) electrons. The highest BCUT2D eigenvalue weighted by Gasteiger charge is 2.18. The van der Waals surface area contributed by atoms with Gasteiger partial charge in [-0.3, -0.25) is 0 Å². The molecule has 5 heteroatoms. The maximum Gasteiger partial charge on any atom is 0.392 e. The molecule has 0 bridgehead atoms. The quantitative estimate of drug-likeness (QED) is 0.656. The van der Waals surface area contributed by atoms with Gasteiger partial charge >= 0.3 is 11.9 Å². The molecule has 3 aromatic rings. The fraction of sp³-hybridized carbons (Fsp3) is 0. The monoisotopic (exact) mass is 203 g/mol. The number of aromatic carboxylic acids is 1. The number of nitrogens with zero attached hydrogens (tertiary/aromatic N) is 1. The van der Waals surface area contributed by atoms with Gasteiger partial charge in [-0.05, 0) is 12.1 Å². The highest BCUT2D eigenvalue weighted by molar-refractivity contribution is 6.01. The second kappa shape index (κ2) is 2.60. The number of para-hydroxylation sites is 1. The number of fused-ring (bicyclic) bond motifs is 3. The lowest BCUT2D eigenvalue weighted by atomic mass is 10.2. The molecule has 0 unspecified atom stereocenters. The molecule has 2 aromatic heterocycles. The van der Waals surface area contributed by atoms with Crippen molar-refractivity contribution in [2.24, 2.45) is 0 Å². The number of furan rings is 1. The van der Waals surface area contributed by atoms with E-state index in [1.165, 1.54) is 0 Å². The predicted octanol–water partition coefficient (Wildman–Crippen LogP) is 2.27. The molecule has 0 atom stereocenters. The van der Waals surface area contributed by atoms with Gasteiger partial charge in [-0.15, -0.1) is 0 Å². The van der Waals surface area contributed by atoms with Crippen molar-refractivity contribution < 1.29 is 18.7 Å².